The zero-order chi connectivity index (χ0) is 14.2. The van der Waals surface area contributed by atoms with Crippen LogP contribution in [0.2, 0.25) is 5.02 Å². The van der Waals surface area contributed by atoms with E-state index in [9.17, 15) is 4.79 Å². The van der Waals surface area contributed by atoms with Gasteiger partial charge in [-0.15, -0.1) is 10.2 Å². The molecule has 4 nitrogen and oxygen atoms in total. The summed E-state index contributed by atoms with van der Waals surface area (Å²) in [6.07, 6.45) is 2.55. The van der Waals surface area contributed by atoms with Crippen LogP contribution in [0.5, 0.6) is 0 Å². The molecule has 104 valence electrons. The molecule has 0 spiro atoms. The molecule has 0 aliphatic heterocycles. The monoisotopic (exact) mass is 307 g/mol. The number of rotatable bonds is 4. The number of aryl methyl sites for hydroxylation is 1. The number of hydrogen-bond donors (Lipinski definition) is 1. The number of benzene rings is 1. The van der Waals surface area contributed by atoms with Gasteiger partial charge in [0.05, 0.1) is 5.41 Å². The van der Waals surface area contributed by atoms with Gasteiger partial charge in [0, 0.05) is 5.02 Å². The number of nitrogens with zero attached hydrogens (tertiary/aromatic N) is 2. The van der Waals surface area contributed by atoms with Crippen LogP contribution in [0.4, 0.5) is 5.13 Å². The van der Waals surface area contributed by atoms with Gasteiger partial charge in [-0.2, -0.15) is 0 Å². The lowest BCUT2D eigenvalue weighted by molar-refractivity contribution is -0.118. The van der Waals surface area contributed by atoms with Gasteiger partial charge in [0.15, 0.2) is 0 Å². The highest BCUT2D eigenvalue weighted by Gasteiger charge is 2.51. The molecule has 3 rings (SSSR count). The summed E-state index contributed by atoms with van der Waals surface area (Å²) in [5, 5.41) is 13.1. The van der Waals surface area contributed by atoms with Gasteiger partial charge in [-0.25, -0.2) is 0 Å². The van der Waals surface area contributed by atoms with Crippen molar-refractivity contribution in [3.63, 3.8) is 0 Å². The summed E-state index contributed by atoms with van der Waals surface area (Å²) in [4.78, 5) is 12.5. The molecule has 0 atom stereocenters. The summed E-state index contributed by atoms with van der Waals surface area (Å²) in [5.74, 6) is -0.00127. The van der Waals surface area contributed by atoms with Gasteiger partial charge < -0.3 is 0 Å². The van der Waals surface area contributed by atoms with Crippen LogP contribution in [-0.2, 0) is 16.6 Å². The summed E-state index contributed by atoms with van der Waals surface area (Å²) in [5.41, 5.74) is 0.599. The third-order valence-corrected chi connectivity index (χ3v) is 4.81. The molecule has 0 saturated heterocycles. The second-order valence-corrected chi connectivity index (χ2v) is 6.40. The highest BCUT2D eigenvalue weighted by Crippen LogP contribution is 2.49. The van der Waals surface area contributed by atoms with Gasteiger partial charge in [0.2, 0.25) is 11.0 Å². The molecule has 1 fully saturated rings. The first-order valence-corrected chi connectivity index (χ1v) is 7.73. The maximum Gasteiger partial charge on any atom is 0.236 e. The summed E-state index contributed by atoms with van der Waals surface area (Å²) in [6, 6.07) is 7.49. The number of nitrogens with one attached hydrogen (secondary N) is 1. The van der Waals surface area contributed by atoms with Crippen LogP contribution in [0.1, 0.15) is 30.3 Å². The number of carbonyl (C=O) groups excluding carboxylic acids is 1. The van der Waals surface area contributed by atoms with E-state index in [2.05, 4.69) is 15.5 Å². The molecule has 20 heavy (non-hydrogen) atoms. The molecule has 2 aromatic rings. The first kappa shape index (κ1) is 13.5. The Balaban J connectivity index is 1.77. The van der Waals surface area contributed by atoms with E-state index >= 15 is 0 Å². The van der Waals surface area contributed by atoms with Crippen molar-refractivity contribution >= 4 is 34.0 Å². The predicted molar refractivity (Wildman–Crippen MR) is 80.3 cm³/mol. The molecule has 1 aromatic heterocycles. The van der Waals surface area contributed by atoms with E-state index in [0.29, 0.717) is 10.2 Å². The number of halogens is 1. The molecule has 1 aromatic carbocycles. The Morgan fingerprint density at radius 2 is 2.05 bits per heavy atom. The molecule has 0 unspecified atom stereocenters. The van der Waals surface area contributed by atoms with Crippen molar-refractivity contribution in [2.75, 3.05) is 5.32 Å². The summed E-state index contributed by atoms with van der Waals surface area (Å²) < 4.78 is 0. The Morgan fingerprint density at radius 3 is 2.60 bits per heavy atom. The predicted octanol–water partition coefficient (Wildman–Crippen LogP) is 3.42. The van der Waals surface area contributed by atoms with E-state index in [1.807, 2.05) is 31.2 Å². The van der Waals surface area contributed by atoms with E-state index in [1.165, 1.54) is 11.3 Å². The summed E-state index contributed by atoms with van der Waals surface area (Å²) in [6.45, 7) is 2.02. The molecule has 1 aliphatic carbocycles. The first-order chi connectivity index (χ1) is 9.64. The number of anilines is 1. The topological polar surface area (TPSA) is 54.9 Å². The Hall–Kier alpha value is -1.46. The van der Waals surface area contributed by atoms with Crippen molar-refractivity contribution in [3.05, 3.63) is 39.9 Å². The Kier molecular flexibility index (Phi) is 3.48. The summed E-state index contributed by atoms with van der Waals surface area (Å²) >= 11 is 7.32. The van der Waals surface area contributed by atoms with Crippen molar-refractivity contribution in [3.8, 4) is 0 Å². The van der Waals surface area contributed by atoms with Crippen molar-refractivity contribution in [2.45, 2.75) is 31.6 Å². The quantitative estimate of drug-likeness (QED) is 0.941. The maximum absolute atomic E-state index is 12.5. The van der Waals surface area contributed by atoms with Crippen LogP contribution < -0.4 is 5.32 Å². The molecule has 0 radical (unpaired) electrons. The molecule has 1 heterocycles. The Labute approximate surface area is 126 Å². The highest BCUT2D eigenvalue weighted by atomic mass is 35.5. The fourth-order valence-electron chi connectivity index (χ4n) is 2.20. The van der Waals surface area contributed by atoms with Crippen molar-refractivity contribution in [1.29, 1.82) is 0 Å². The van der Waals surface area contributed by atoms with Gasteiger partial charge in [-0.05, 0) is 37.0 Å². The van der Waals surface area contributed by atoms with Crippen LogP contribution in [0.15, 0.2) is 24.3 Å². The fourth-order valence-corrected chi connectivity index (χ4v) is 3.01. The van der Waals surface area contributed by atoms with Gasteiger partial charge in [-0.1, -0.05) is 42.0 Å². The average molecular weight is 308 g/mol. The average Bonchev–Trinajstić information content (AvgIpc) is 3.14. The lowest BCUT2D eigenvalue weighted by Crippen LogP contribution is -2.27. The summed E-state index contributed by atoms with van der Waals surface area (Å²) in [7, 11) is 0. The van der Waals surface area contributed by atoms with E-state index < -0.39 is 5.41 Å². The van der Waals surface area contributed by atoms with Crippen molar-refractivity contribution in [1.82, 2.24) is 10.2 Å². The standard InChI is InChI=1S/C14H14ClN3OS/c1-2-11-17-18-13(20-11)16-12(19)14(7-8-14)9-3-5-10(15)6-4-9/h3-6H,2,7-8H2,1H3,(H,16,18,19). The molecule has 1 aliphatic rings. The van der Waals surface area contributed by atoms with Crippen molar-refractivity contribution < 1.29 is 4.79 Å². The molecule has 1 amide bonds. The van der Waals surface area contributed by atoms with E-state index in [0.717, 1.165) is 29.8 Å². The largest absolute Gasteiger partial charge is 0.300 e. The zero-order valence-corrected chi connectivity index (χ0v) is 12.6. The minimum atomic E-state index is -0.414. The van der Waals surface area contributed by atoms with Crippen LogP contribution in [0.25, 0.3) is 0 Å². The van der Waals surface area contributed by atoms with Crippen LogP contribution in [0, 0.1) is 0 Å². The first-order valence-electron chi connectivity index (χ1n) is 6.54. The minimum absolute atomic E-state index is 0.00127. The number of aromatic nitrogens is 2. The Morgan fingerprint density at radius 1 is 1.35 bits per heavy atom. The molecular formula is C14H14ClN3OS. The number of carbonyl (C=O) groups is 1. The zero-order valence-electron chi connectivity index (χ0n) is 11.0. The van der Waals surface area contributed by atoms with Crippen molar-refractivity contribution in [2.24, 2.45) is 0 Å². The highest BCUT2D eigenvalue weighted by molar-refractivity contribution is 7.15. The molecule has 0 bridgehead atoms. The van der Waals surface area contributed by atoms with Gasteiger partial charge >= 0.3 is 0 Å². The molecule has 6 heteroatoms. The van der Waals surface area contributed by atoms with Gasteiger partial charge in [0.25, 0.3) is 0 Å². The van der Waals surface area contributed by atoms with Crippen LogP contribution in [-0.4, -0.2) is 16.1 Å². The van der Waals surface area contributed by atoms with E-state index in [-0.39, 0.29) is 5.91 Å². The maximum atomic E-state index is 12.5. The van der Waals surface area contributed by atoms with Gasteiger partial charge in [0.1, 0.15) is 5.01 Å². The van der Waals surface area contributed by atoms with Crippen LogP contribution in [0.3, 0.4) is 0 Å². The molecular weight excluding hydrogens is 294 g/mol. The lowest BCUT2D eigenvalue weighted by Gasteiger charge is -2.14. The minimum Gasteiger partial charge on any atom is -0.300 e. The normalized spacial score (nSPS) is 15.9. The second-order valence-electron chi connectivity index (χ2n) is 4.90. The van der Waals surface area contributed by atoms with Crippen LogP contribution >= 0.6 is 22.9 Å². The Bertz CT molecular complexity index is 634. The number of hydrogen-bond acceptors (Lipinski definition) is 4. The molecule has 1 N–H and O–H groups in total. The third kappa shape index (κ3) is 2.43. The molecule has 1 saturated carbocycles. The smallest absolute Gasteiger partial charge is 0.236 e. The second kappa shape index (κ2) is 5.14. The fraction of sp³-hybridized carbons (Fsp3) is 0.357. The third-order valence-electron chi connectivity index (χ3n) is 3.57. The lowest BCUT2D eigenvalue weighted by atomic mass is 9.95. The number of amides is 1. The van der Waals surface area contributed by atoms with Gasteiger partial charge in [-0.3, -0.25) is 10.1 Å². The SMILES string of the molecule is CCc1nnc(NC(=O)C2(c3ccc(Cl)cc3)CC2)s1. The van der Waals surface area contributed by atoms with E-state index in [1.54, 1.807) is 0 Å². The van der Waals surface area contributed by atoms with E-state index in [4.69, 9.17) is 11.6 Å².